The number of benzene rings is 1. The third kappa shape index (κ3) is 4.46. The molecule has 26 heavy (non-hydrogen) atoms. The van der Waals surface area contributed by atoms with Gasteiger partial charge in [0.2, 0.25) is 0 Å². The van der Waals surface area contributed by atoms with E-state index in [4.69, 9.17) is 20.8 Å². The largest absolute Gasteiger partial charge is 0.457 e. The molecule has 140 valence electrons. The standard InChI is InChI=1S/C18H19BrClFN2O3/c1-11-9-23(5-6-25-11)15(17-13(20)3-2-4-14(17)21)8-22-18(24)12-7-16(19)26-10-12/h2-4,7,10-11,15H,5-6,8-9H2,1H3,(H,22,24). The summed E-state index contributed by atoms with van der Waals surface area (Å²) in [5.41, 5.74) is 0.780. The van der Waals surface area contributed by atoms with Crippen molar-refractivity contribution in [3.63, 3.8) is 0 Å². The molecule has 0 bridgehead atoms. The molecule has 1 amide bonds. The summed E-state index contributed by atoms with van der Waals surface area (Å²) in [6, 6.07) is 5.80. The Kier molecular flexibility index (Phi) is 6.34. The van der Waals surface area contributed by atoms with Gasteiger partial charge in [0.25, 0.3) is 5.91 Å². The van der Waals surface area contributed by atoms with Crippen LogP contribution in [0.3, 0.4) is 0 Å². The Bertz CT molecular complexity index is 765. The SMILES string of the molecule is CC1CN(C(CNC(=O)c2coc(Br)c2)c2c(F)cccc2Cl)CCO1. The highest BCUT2D eigenvalue weighted by molar-refractivity contribution is 9.10. The first-order valence-electron chi connectivity index (χ1n) is 8.27. The summed E-state index contributed by atoms with van der Waals surface area (Å²) in [6.45, 7) is 3.99. The van der Waals surface area contributed by atoms with E-state index in [-0.39, 0.29) is 24.4 Å². The molecule has 2 heterocycles. The fraction of sp³-hybridized carbons (Fsp3) is 0.389. The summed E-state index contributed by atoms with van der Waals surface area (Å²) >= 11 is 9.45. The topological polar surface area (TPSA) is 54.7 Å². The smallest absolute Gasteiger partial charge is 0.254 e. The minimum atomic E-state index is -0.394. The van der Waals surface area contributed by atoms with Gasteiger partial charge < -0.3 is 14.5 Å². The van der Waals surface area contributed by atoms with Crippen molar-refractivity contribution in [1.29, 1.82) is 0 Å². The zero-order valence-electron chi connectivity index (χ0n) is 14.2. The summed E-state index contributed by atoms with van der Waals surface area (Å²) in [5.74, 6) is -0.680. The average molecular weight is 446 g/mol. The molecular weight excluding hydrogens is 427 g/mol. The predicted molar refractivity (Wildman–Crippen MR) is 99.9 cm³/mol. The van der Waals surface area contributed by atoms with Crippen LogP contribution < -0.4 is 5.32 Å². The number of rotatable bonds is 5. The molecule has 3 rings (SSSR count). The van der Waals surface area contributed by atoms with Crippen LogP contribution in [-0.4, -0.2) is 43.2 Å². The van der Waals surface area contributed by atoms with Gasteiger partial charge in [-0.25, -0.2) is 4.39 Å². The Labute approximate surface area is 164 Å². The number of hydrogen-bond acceptors (Lipinski definition) is 4. The van der Waals surface area contributed by atoms with Gasteiger partial charge in [0.1, 0.15) is 12.1 Å². The summed E-state index contributed by atoms with van der Waals surface area (Å²) < 4.78 is 25.7. The lowest BCUT2D eigenvalue weighted by Crippen LogP contribution is -2.46. The summed E-state index contributed by atoms with van der Waals surface area (Å²) in [5, 5.41) is 3.19. The van der Waals surface area contributed by atoms with E-state index in [2.05, 4.69) is 26.1 Å². The maximum absolute atomic E-state index is 14.5. The third-order valence-electron chi connectivity index (χ3n) is 4.33. The van der Waals surface area contributed by atoms with Crippen LogP contribution in [0, 0.1) is 5.82 Å². The molecule has 2 unspecified atom stereocenters. The first-order chi connectivity index (χ1) is 12.5. The molecule has 1 saturated heterocycles. The van der Waals surface area contributed by atoms with Gasteiger partial charge in [-0.05, 0) is 35.0 Å². The van der Waals surface area contributed by atoms with Gasteiger partial charge in [-0.2, -0.15) is 0 Å². The van der Waals surface area contributed by atoms with Gasteiger partial charge in [-0.15, -0.1) is 0 Å². The highest BCUT2D eigenvalue weighted by atomic mass is 79.9. The molecule has 0 spiro atoms. The highest BCUT2D eigenvalue weighted by Gasteiger charge is 2.29. The minimum absolute atomic E-state index is 0.0253. The van der Waals surface area contributed by atoms with Crippen molar-refractivity contribution in [3.05, 3.63) is 57.2 Å². The molecule has 1 aliphatic heterocycles. The molecule has 0 aliphatic carbocycles. The fourth-order valence-electron chi connectivity index (χ4n) is 3.09. The summed E-state index contributed by atoms with van der Waals surface area (Å²) in [7, 11) is 0. The van der Waals surface area contributed by atoms with Crippen molar-refractivity contribution in [1.82, 2.24) is 10.2 Å². The number of hydrogen-bond donors (Lipinski definition) is 1. The van der Waals surface area contributed by atoms with Crippen LogP contribution in [0.2, 0.25) is 5.02 Å². The fourth-order valence-corrected chi connectivity index (χ4v) is 3.72. The molecule has 5 nitrogen and oxygen atoms in total. The van der Waals surface area contributed by atoms with Gasteiger partial charge in [-0.1, -0.05) is 17.7 Å². The second kappa shape index (κ2) is 8.52. The van der Waals surface area contributed by atoms with Crippen LogP contribution in [0.5, 0.6) is 0 Å². The van der Waals surface area contributed by atoms with E-state index < -0.39 is 6.04 Å². The zero-order chi connectivity index (χ0) is 18.7. The van der Waals surface area contributed by atoms with E-state index in [1.54, 1.807) is 18.2 Å². The van der Waals surface area contributed by atoms with Gasteiger partial charge in [0.05, 0.1) is 24.3 Å². The zero-order valence-corrected chi connectivity index (χ0v) is 16.5. The minimum Gasteiger partial charge on any atom is -0.457 e. The molecule has 1 N–H and O–H groups in total. The molecule has 2 aromatic rings. The van der Waals surface area contributed by atoms with Crippen molar-refractivity contribution < 1.29 is 18.3 Å². The first-order valence-corrected chi connectivity index (χ1v) is 9.44. The van der Waals surface area contributed by atoms with E-state index in [1.165, 1.54) is 12.3 Å². The Hall–Kier alpha value is -1.41. The normalized spacial score (nSPS) is 19.3. The second-order valence-corrected chi connectivity index (χ2v) is 7.37. The highest BCUT2D eigenvalue weighted by Crippen LogP contribution is 2.31. The van der Waals surface area contributed by atoms with Crippen LogP contribution >= 0.6 is 27.5 Å². The van der Waals surface area contributed by atoms with E-state index >= 15 is 0 Å². The average Bonchev–Trinajstić information content (AvgIpc) is 3.03. The molecule has 0 saturated carbocycles. The van der Waals surface area contributed by atoms with Crippen molar-refractivity contribution in [2.24, 2.45) is 0 Å². The number of ether oxygens (including phenoxy) is 1. The molecule has 2 atom stereocenters. The van der Waals surface area contributed by atoms with Crippen molar-refractivity contribution >= 4 is 33.4 Å². The Morgan fingerprint density at radius 2 is 2.35 bits per heavy atom. The quantitative estimate of drug-likeness (QED) is 0.755. The van der Waals surface area contributed by atoms with Crippen LogP contribution in [-0.2, 0) is 4.74 Å². The maximum atomic E-state index is 14.5. The number of furan rings is 1. The van der Waals surface area contributed by atoms with Crippen LogP contribution in [0.4, 0.5) is 4.39 Å². The number of amides is 1. The lowest BCUT2D eigenvalue weighted by molar-refractivity contribution is -0.0346. The van der Waals surface area contributed by atoms with Crippen LogP contribution in [0.15, 0.2) is 39.6 Å². The summed E-state index contributed by atoms with van der Waals surface area (Å²) in [6.07, 6.45) is 1.39. The number of nitrogens with one attached hydrogen (secondary N) is 1. The summed E-state index contributed by atoms with van der Waals surface area (Å²) in [4.78, 5) is 14.4. The van der Waals surface area contributed by atoms with Crippen molar-refractivity contribution in [2.45, 2.75) is 19.1 Å². The third-order valence-corrected chi connectivity index (χ3v) is 5.08. The van der Waals surface area contributed by atoms with Gasteiger partial charge in [-0.3, -0.25) is 9.69 Å². The first kappa shape index (κ1) is 19.4. The van der Waals surface area contributed by atoms with Crippen LogP contribution in [0.1, 0.15) is 28.9 Å². The van der Waals surface area contributed by atoms with E-state index in [0.717, 1.165) is 0 Å². The Morgan fingerprint density at radius 1 is 1.54 bits per heavy atom. The molecule has 1 aromatic carbocycles. The van der Waals surface area contributed by atoms with Gasteiger partial charge >= 0.3 is 0 Å². The van der Waals surface area contributed by atoms with E-state index in [9.17, 15) is 9.18 Å². The van der Waals surface area contributed by atoms with Gasteiger partial charge in [0.15, 0.2) is 4.67 Å². The van der Waals surface area contributed by atoms with Crippen LogP contribution in [0.25, 0.3) is 0 Å². The lowest BCUT2D eigenvalue weighted by Gasteiger charge is -2.38. The lowest BCUT2D eigenvalue weighted by atomic mass is 10.0. The van der Waals surface area contributed by atoms with Gasteiger partial charge in [0, 0.05) is 36.3 Å². The number of carbonyl (C=O) groups is 1. The molecule has 1 aliphatic rings. The van der Waals surface area contributed by atoms with Crippen molar-refractivity contribution in [2.75, 3.05) is 26.2 Å². The Balaban J connectivity index is 1.82. The number of carbonyl (C=O) groups excluding carboxylic acids is 1. The molecular formula is C18H19BrClFN2O3. The number of morpholine rings is 1. The molecule has 8 heteroatoms. The second-order valence-electron chi connectivity index (χ2n) is 6.18. The molecule has 1 aromatic heterocycles. The van der Waals surface area contributed by atoms with E-state index in [1.807, 2.05) is 6.92 Å². The van der Waals surface area contributed by atoms with Crippen molar-refractivity contribution in [3.8, 4) is 0 Å². The van der Waals surface area contributed by atoms with E-state index in [0.29, 0.717) is 40.5 Å². The Morgan fingerprint density at radius 3 is 3.00 bits per heavy atom. The molecule has 1 fully saturated rings. The maximum Gasteiger partial charge on any atom is 0.254 e. The molecule has 0 radical (unpaired) electrons. The number of halogens is 3. The number of nitrogens with zero attached hydrogens (tertiary/aromatic N) is 1. The predicted octanol–water partition coefficient (Wildman–Crippen LogP) is 4.03. The monoisotopic (exact) mass is 444 g/mol.